The van der Waals surface area contributed by atoms with E-state index in [2.05, 4.69) is 4.98 Å². The molecule has 0 saturated carbocycles. The fourth-order valence-corrected chi connectivity index (χ4v) is 4.35. The van der Waals surface area contributed by atoms with Crippen molar-refractivity contribution < 1.29 is 18.7 Å². The Morgan fingerprint density at radius 3 is 2.19 bits per heavy atom. The van der Waals surface area contributed by atoms with Gasteiger partial charge >= 0.3 is 11.6 Å². The summed E-state index contributed by atoms with van der Waals surface area (Å²) in [6.45, 7) is 8.97. The summed E-state index contributed by atoms with van der Waals surface area (Å²) in [7, 11) is 0. The number of hydrogen-bond donors (Lipinski definition) is 0. The molecule has 200 valence electrons. The third-order valence-electron chi connectivity index (χ3n) is 6.61. The number of rotatable bonds is 15. The number of ether oxygens (including phenoxy) is 2. The van der Waals surface area contributed by atoms with E-state index in [9.17, 15) is 9.59 Å². The van der Waals surface area contributed by atoms with Gasteiger partial charge in [-0.3, -0.25) is 9.78 Å². The van der Waals surface area contributed by atoms with Crippen LogP contribution < -0.4 is 10.4 Å². The van der Waals surface area contributed by atoms with Gasteiger partial charge in [0.25, 0.3) is 0 Å². The summed E-state index contributed by atoms with van der Waals surface area (Å²) in [6.07, 6.45) is 13.8. The molecule has 37 heavy (non-hydrogen) atoms. The molecule has 1 aromatic carbocycles. The highest BCUT2D eigenvalue weighted by molar-refractivity contribution is 5.81. The number of nitrogens with zero attached hydrogens (tertiary/aromatic N) is 1. The van der Waals surface area contributed by atoms with Crippen LogP contribution in [-0.2, 0) is 9.53 Å². The van der Waals surface area contributed by atoms with Crippen molar-refractivity contribution in [3.05, 3.63) is 58.2 Å². The number of unbranched alkanes of at least 4 members (excludes halogenated alkanes) is 8. The van der Waals surface area contributed by atoms with E-state index in [0.717, 1.165) is 53.5 Å². The number of fused-ring (bicyclic) bond motifs is 1. The standard InChI is InChI=1S/C31H41NO5/c1-22(2)30(33)36-17-13-11-9-7-5-6-8-10-12-16-35-29-19-23(3)26(18-24(29)4)27-20-25-21-32-15-14-28(25)37-31(27)34/h14-15,18-22H,5-13,16-17H2,1-4H3. The van der Waals surface area contributed by atoms with Crippen molar-refractivity contribution in [3.63, 3.8) is 0 Å². The van der Waals surface area contributed by atoms with Crippen molar-refractivity contribution in [2.75, 3.05) is 13.2 Å². The first-order valence-electron chi connectivity index (χ1n) is 13.7. The van der Waals surface area contributed by atoms with E-state index in [1.807, 2.05) is 45.9 Å². The Bertz CT molecular complexity index is 1210. The predicted octanol–water partition coefficient (Wildman–Crippen LogP) is 7.56. The van der Waals surface area contributed by atoms with Crippen LogP contribution in [0.2, 0.25) is 0 Å². The van der Waals surface area contributed by atoms with E-state index in [1.165, 1.54) is 32.1 Å². The summed E-state index contributed by atoms with van der Waals surface area (Å²) >= 11 is 0. The van der Waals surface area contributed by atoms with Crippen molar-refractivity contribution >= 4 is 16.9 Å². The number of carbonyl (C=O) groups is 1. The van der Waals surface area contributed by atoms with Gasteiger partial charge in [0, 0.05) is 17.8 Å². The molecule has 0 fully saturated rings. The molecule has 0 aliphatic rings. The number of pyridine rings is 1. The zero-order chi connectivity index (χ0) is 26.6. The van der Waals surface area contributed by atoms with Crippen LogP contribution in [0, 0.1) is 19.8 Å². The molecule has 0 spiro atoms. The molecule has 0 bridgehead atoms. The second-order valence-electron chi connectivity index (χ2n) is 10.1. The minimum Gasteiger partial charge on any atom is -0.493 e. The molecule has 0 unspecified atom stereocenters. The average molecular weight is 508 g/mol. The predicted molar refractivity (Wildman–Crippen MR) is 148 cm³/mol. The van der Waals surface area contributed by atoms with Gasteiger partial charge in [-0.25, -0.2) is 4.79 Å². The monoisotopic (exact) mass is 507 g/mol. The Hall–Kier alpha value is -3.15. The summed E-state index contributed by atoms with van der Waals surface area (Å²) in [6, 6.07) is 7.57. The first-order chi connectivity index (χ1) is 17.9. The highest BCUT2D eigenvalue weighted by Crippen LogP contribution is 2.30. The Balaban J connectivity index is 1.33. The Morgan fingerprint density at radius 2 is 1.51 bits per heavy atom. The van der Waals surface area contributed by atoms with Gasteiger partial charge in [0.1, 0.15) is 11.3 Å². The van der Waals surface area contributed by atoms with Crippen LogP contribution in [0.5, 0.6) is 5.75 Å². The summed E-state index contributed by atoms with van der Waals surface area (Å²) in [5.74, 6) is 0.731. The van der Waals surface area contributed by atoms with Gasteiger partial charge in [-0.2, -0.15) is 0 Å². The largest absolute Gasteiger partial charge is 0.493 e. The van der Waals surface area contributed by atoms with Gasteiger partial charge in [0.05, 0.1) is 24.7 Å². The first kappa shape index (κ1) is 28.4. The van der Waals surface area contributed by atoms with Gasteiger partial charge in [0.2, 0.25) is 0 Å². The molecule has 0 amide bonds. The van der Waals surface area contributed by atoms with Crippen LogP contribution in [0.4, 0.5) is 0 Å². The molecule has 0 saturated heterocycles. The fourth-order valence-electron chi connectivity index (χ4n) is 4.35. The van der Waals surface area contributed by atoms with E-state index in [1.54, 1.807) is 18.5 Å². The molecule has 3 aromatic rings. The topological polar surface area (TPSA) is 78.6 Å². The van der Waals surface area contributed by atoms with Gasteiger partial charge in [-0.1, -0.05) is 58.8 Å². The molecule has 0 radical (unpaired) electrons. The average Bonchev–Trinajstić information content (AvgIpc) is 2.88. The minimum absolute atomic E-state index is 0.0388. The molecule has 0 atom stereocenters. The number of benzene rings is 1. The maximum absolute atomic E-state index is 12.6. The molecule has 0 aliphatic heterocycles. The fraction of sp³-hybridized carbons (Fsp3) is 0.516. The van der Waals surface area contributed by atoms with Crippen LogP contribution in [0.3, 0.4) is 0 Å². The van der Waals surface area contributed by atoms with E-state index in [4.69, 9.17) is 13.9 Å². The van der Waals surface area contributed by atoms with Crippen molar-refractivity contribution in [3.8, 4) is 16.9 Å². The van der Waals surface area contributed by atoms with Crippen LogP contribution >= 0.6 is 0 Å². The SMILES string of the molecule is Cc1cc(-c2cc3cnccc3oc2=O)c(C)cc1OCCCCCCCCCCCOC(=O)C(C)C. The number of aryl methyl sites for hydroxylation is 2. The molecule has 6 nitrogen and oxygen atoms in total. The lowest BCUT2D eigenvalue weighted by Gasteiger charge is -2.13. The summed E-state index contributed by atoms with van der Waals surface area (Å²) in [5.41, 5.74) is 3.59. The van der Waals surface area contributed by atoms with E-state index in [-0.39, 0.29) is 17.5 Å². The van der Waals surface area contributed by atoms with Crippen LogP contribution in [-0.4, -0.2) is 24.2 Å². The lowest BCUT2D eigenvalue weighted by atomic mass is 9.98. The maximum atomic E-state index is 12.6. The summed E-state index contributed by atoms with van der Waals surface area (Å²) < 4.78 is 16.8. The lowest BCUT2D eigenvalue weighted by molar-refractivity contribution is -0.147. The molecule has 2 aromatic heterocycles. The molecular formula is C31H41NO5. The molecule has 0 N–H and O–H groups in total. The zero-order valence-corrected chi connectivity index (χ0v) is 22.8. The second-order valence-corrected chi connectivity index (χ2v) is 10.1. The van der Waals surface area contributed by atoms with Crippen LogP contribution in [0.25, 0.3) is 22.1 Å². The highest BCUT2D eigenvalue weighted by Gasteiger charge is 2.13. The number of aromatic nitrogens is 1. The van der Waals surface area contributed by atoms with Crippen LogP contribution in [0.15, 0.2) is 45.9 Å². The van der Waals surface area contributed by atoms with Crippen molar-refractivity contribution in [2.24, 2.45) is 5.92 Å². The van der Waals surface area contributed by atoms with Gasteiger partial charge in [-0.05, 0) is 67.6 Å². The summed E-state index contributed by atoms with van der Waals surface area (Å²) in [4.78, 5) is 28.1. The minimum atomic E-state index is -0.345. The molecule has 2 heterocycles. The molecule has 0 aliphatic carbocycles. The van der Waals surface area contributed by atoms with Crippen molar-refractivity contribution in [1.29, 1.82) is 0 Å². The maximum Gasteiger partial charge on any atom is 0.344 e. The van der Waals surface area contributed by atoms with Gasteiger partial charge in [0.15, 0.2) is 0 Å². The Labute approximate surface area is 220 Å². The molecular weight excluding hydrogens is 466 g/mol. The van der Waals surface area contributed by atoms with E-state index < -0.39 is 0 Å². The third kappa shape index (κ3) is 8.73. The van der Waals surface area contributed by atoms with Gasteiger partial charge in [-0.15, -0.1) is 0 Å². The third-order valence-corrected chi connectivity index (χ3v) is 6.61. The molecule has 6 heteroatoms. The second kappa shape index (κ2) is 14.6. The van der Waals surface area contributed by atoms with E-state index >= 15 is 0 Å². The van der Waals surface area contributed by atoms with E-state index in [0.29, 0.717) is 24.4 Å². The normalized spacial score (nSPS) is 11.3. The Kier molecular flexibility index (Phi) is 11.2. The van der Waals surface area contributed by atoms with Crippen molar-refractivity contribution in [1.82, 2.24) is 4.98 Å². The lowest BCUT2D eigenvalue weighted by Crippen LogP contribution is -2.12. The first-order valence-corrected chi connectivity index (χ1v) is 13.7. The summed E-state index contributed by atoms with van der Waals surface area (Å²) in [5, 5.41) is 0.805. The van der Waals surface area contributed by atoms with Crippen LogP contribution in [0.1, 0.15) is 82.8 Å². The number of esters is 1. The number of hydrogen-bond acceptors (Lipinski definition) is 6. The van der Waals surface area contributed by atoms with Crippen molar-refractivity contribution in [2.45, 2.75) is 85.5 Å². The number of carbonyl (C=O) groups excluding carboxylic acids is 1. The quantitative estimate of drug-likeness (QED) is 0.156. The molecule has 3 rings (SSSR count). The highest BCUT2D eigenvalue weighted by atomic mass is 16.5. The smallest absolute Gasteiger partial charge is 0.344 e. The zero-order valence-electron chi connectivity index (χ0n) is 22.8. The Morgan fingerprint density at radius 1 is 0.865 bits per heavy atom. The van der Waals surface area contributed by atoms with Gasteiger partial charge < -0.3 is 13.9 Å².